The number of hydrogen-bond acceptors (Lipinski definition) is 5. The molecule has 12 heavy (non-hydrogen) atoms. The van der Waals surface area contributed by atoms with Crippen LogP contribution in [0.3, 0.4) is 0 Å². The largest absolute Gasteiger partial charge is 0.237 e. The van der Waals surface area contributed by atoms with Gasteiger partial charge in [0.05, 0.1) is 0 Å². The van der Waals surface area contributed by atoms with Crippen LogP contribution in [0, 0.1) is 0 Å². The summed E-state index contributed by atoms with van der Waals surface area (Å²) < 4.78 is 22.1. The lowest BCUT2D eigenvalue weighted by Gasteiger charge is -1.85. The molecule has 1 aromatic rings. The fraction of sp³-hybridized carbons (Fsp3) is 0. The second-order valence-corrected chi connectivity index (χ2v) is 4.90. The normalized spacial score (nSPS) is 11.0. The Hall–Kier alpha value is -1.01. The van der Waals surface area contributed by atoms with Crippen LogP contribution in [0.2, 0.25) is 0 Å². The molecule has 0 atom stereocenters. The monoisotopic (exact) mass is 202 g/mol. The summed E-state index contributed by atoms with van der Waals surface area (Å²) in [5, 5.41) is 8.37. The van der Waals surface area contributed by atoms with E-state index in [9.17, 15) is 8.42 Å². The van der Waals surface area contributed by atoms with E-state index in [-0.39, 0.29) is 4.34 Å². The first-order valence-electron chi connectivity index (χ1n) is 2.93. The lowest BCUT2D eigenvalue weighted by molar-refractivity contribution is 0.602. The molecule has 0 fully saturated rings. The van der Waals surface area contributed by atoms with Crippen molar-refractivity contribution in [2.45, 2.75) is 4.34 Å². The Kier molecular flexibility index (Phi) is 2.39. The number of sulfone groups is 1. The predicted molar refractivity (Wildman–Crippen MR) is 47.4 cm³/mol. The first-order chi connectivity index (χ1) is 5.60. The molecule has 0 N–H and O–H groups in total. The summed E-state index contributed by atoms with van der Waals surface area (Å²) in [4.78, 5) is 0. The zero-order chi connectivity index (χ0) is 9.19. The highest BCUT2D eigenvalue weighted by atomic mass is 32.2. The average Bonchev–Trinajstić information content (AvgIpc) is 2.52. The van der Waals surface area contributed by atoms with Crippen molar-refractivity contribution in [3.05, 3.63) is 23.6 Å². The van der Waals surface area contributed by atoms with Gasteiger partial charge < -0.3 is 0 Å². The Bertz CT molecular complexity index is 405. The third kappa shape index (κ3) is 1.59. The third-order valence-corrected chi connectivity index (χ3v) is 3.73. The first kappa shape index (κ1) is 9.08. The van der Waals surface area contributed by atoms with E-state index in [0.717, 1.165) is 16.7 Å². The van der Waals surface area contributed by atoms with Crippen LogP contribution in [0.1, 0.15) is 5.01 Å². The predicted octanol–water partition coefficient (Wildman–Crippen LogP) is 1.10. The molecule has 0 spiro atoms. The molecule has 4 nitrogen and oxygen atoms in total. The van der Waals surface area contributed by atoms with Crippen LogP contribution in [0.4, 0.5) is 0 Å². The maximum Gasteiger partial charge on any atom is 0.237 e. The quantitative estimate of drug-likeness (QED) is 0.736. The molecule has 0 saturated heterocycles. The van der Waals surface area contributed by atoms with Crippen LogP contribution in [-0.2, 0) is 9.84 Å². The van der Waals surface area contributed by atoms with Crippen LogP contribution in [0.5, 0.6) is 0 Å². The van der Waals surface area contributed by atoms with E-state index in [4.69, 9.17) is 0 Å². The van der Waals surface area contributed by atoms with E-state index in [0.29, 0.717) is 5.01 Å². The van der Waals surface area contributed by atoms with E-state index < -0.39 is 9.84 Å². The molecule has 1 heterocycles. The van der Waals surface area contributed by atoms with Gasteiger partial charge in [0.2, 0.25) is 14.2 Å². The Balaban J connectivity index is 3.21. The second kappa shape index (κ2) is 3.16. The van der Waals surface area contributed by atoms with Gasteiger partial charge in [0.15, 0.2) is 0 Å². The standard InChI is InChI=1S/C6H6N2O2S2/c1-3-5-7-8-6(11-5)12(9,10)4-2/h3-4H,1-2H2. The first-order valence-corrected chi connectivity index (χ1v) is 5.30. The van der Waals surface area contributed by atoms with Crippen molar-refractivity contribution in [3.63, 3.8) is 0 Å². The topological polar surface area (TPSA) is 59.9 Å². The molecule has 0 aromatic carbocycles. The molecule has 6 heteroatoms. The van der Waals surface area contributed by atoms with Crippen molar-refractivity contribution in [1.29, 1.82) is 0 Å². The minimum atomic E-state index is -3.43. The van der Waals surface area contributed by atoms with Crippen molar-refractivity contribution in [2.75, 3.05) is 0 Å². The minimum Gasteiger partial charge on any atom is -0.217 e. The van der Waals surface area contributed by atoms with E-state index in [1.54, 1.807) is 0 Å². The van der Waals surface area contributed by atoms with Gasteiger partial charge in [0.1, 0.15) is 5.01 Å². The van der Waals surface area contributed by atoms with Crippen molar-refractivity contribution < 1.29 is 8.42 Å². The fourth-order valence-corrected chi connectivity index (χ4v) is 2.14. The van der Waals surface area contributed by atoms with Crippen molar-refractivity contribution in [1.82, 2.24) is 10.2 Å². The molecule has 64 valence electrons. The number of hydrogen-bond donors (Lipinski definition) is 0. The molecule has 0 bridgehead atoms. The lowest BCUT2D eigenvalue weighted by Crippen LogP contribution is -1.93. The van der Waals surface area contributed by atoms with Gasteiger partial charge in [-0.1, -0.05) is 24.5 Å². The van der Waals surface area contributed by atoms with E-state index in [1.807, 2.05) is 0 Å². The van der Waals surface area contributed by atoms with Crippen molar-refractivity contribution >= 4 is 27.3 Å². The maximum absolute atomic E-state index is 11.1. The van der Waals surface area contributed by atoms with Gasteiger partial charge in [-0.3, -0.25) is 0 Å². The molecule has 0 aliphatic heterocycles. The molecule has 0 saturated carbocycles. The highest BCUT2D eigenvalue weighted by Crippen LogP contribution is 2.17. The zero-order valence-electron chi connectivity index (χ0n) is 6.10. The van der Waals surface area contributed by atoms with Gasteiger partial charge in [-0.2, -0.15) is 0 Å². The highest BCUT2D eigenvalue weighted by molar-refractivity contribution is 7.96. The van der Waals surface area contributed by atoms with Crippen LogP contribution in [-0.4, -0.2) is 18.6 Å². The van der Waals surface area contributed by atoms with Crippen molar-refractivity contribution in [2.24, 2.45) is 0 Å². The molecular formula is C6H6N2O2S2. The molecule has 0 aliphatic carbocycles. The SMILES string of the molecule is C=Cc1nnc(S(=O)(=O)C=C)s1. The average molecular weight is 202 g/mol. The number of aromatic nitrogens is 2. The van der Waals surface area contributed by atoms with E-state index in [1.165, 1.54) is 6.08 Å². The van der Waals surface area contributed by atoms with Gasteiger partial charge in [-0.25, -0.2) is 8.42 Å². The summed E-state index contributed by atoms with van der Waals surface area (Å²) >= 11 is 0.965. The molecule has 1 rings (SSSR count). The van der Waals surface area contributed by atoms with Crippen LogP contribution < -0.4 is 0 Å². The Morgan fingerprint density at radius 2 is 2.00 bits per heavy atom. The highest BCUT2D eigenvalue weighted by Gasteiger charge is 2.14. The van der Waals surface area contributed by atoms with Crippen LogP contribution in [0.25, 0.3) is 6.08 Å². The van der Waals surface area contributed by atoms with Gasteiger partial charge in [-0.05, 0) is 6.08 Å². The molecule has 0 amide bonds. The zero-order valence-corrected chi connectivity index (χ0v) is 7.73. The molecular weight excluding hydrogens is 196 g/mol. The molecule has 1 aromatic heterocycles. The van der Waals surface area contributed by atoms with Crippen LogP contribution in [0.15, 0.2) is 22.9 Å². The summed E-state index contributed by atoms with van der Waals surface area (Å²) in [5.74, 6) is 0. The Labute approximate surface area is 74.2 Å². The summed E-state index contributed by atoms with van der Waals surface area (Å²) in [6.07, 6.45) is 1.44. The molecule has 0 aliphatic rings. The molecule has 0 radical (unpaired) electrons. The lowest BCUT2D eigenvalue weighted by atomic mass is 10.7. The van der Waals surface area contributed by atoms with E-state index >= 15 is 0 Å². The minimum absolute atomic E-state index is 0.0487. The Morgan fingerprint density at radius 1 is 1.33 bits per heavy atom. The Morgan fingerprint density at radius 3 is 2.42 bits per heavy atom. The van der Waals surface area contributed by atoms with Crippen molar-refractivity contribution in [3.8, 4) is 0 Å². The van der Waals surface area contributed by atoms with Gasteiger partial charge in [0.25, 0.3) is 0 Å². The summed E-state index contributed by atoms with van der Waals surface area (Å²) in [6, 6.07) is 0. The smallest absolute Gasteiger partial charge is 0.217 e. The fourth-order valence-electron chi connectivity index (χ4n) is 0.489. The number of rotatable bonds is 3. The van der Waals surface area contributed by atoms with Crippen LogP contribution >= 0.6 is 11.3 Å². The summed E-state index contributed by atoms with van der Waals surface area (Å²) in [7, 11) is -3.43. The van der Waals surface area contributed by atoms with E-state index in [2.05, 4.69) is 23.4 Å². The third-order valence-electron chi connectivity index (χ3n) is 1.06. The van der Waals surface area contributed by atoms with Gasteiger partial charge >= 0.3 is 0 Å². The maximum atomic E-state index is 11.1. The summed E-state index contributed by atoms with van der Waals surface area (Å²) in [5.41, 5.74) is 0. The number of nitrogens with zero attached hydrogens (tertiary/aromatic N) is 2. The van der Waals surface area contributed by atoms with Gasteiger partial charge in [-0.15, -0.1) is 10.2 Å². The summed E-state index contributed by atoms with van der Waals surface area (Å²) in [6.45, 7) is 6.61. The second-order valence-electron chi connectivity index (χ2n) is 1.82. The van der Waals surface area contributed by atoms with Gasteiger partial charge in [0, 0.05) is 5.41 Å². The molecule has 0 unspecified atom stereocenters.